The van der Waals surface area contributed by atoms with Crippen LogP contribution in [0.5, 0.6) is 5.75 Å². The molecule has 0 radical (unpaired) electrons. The molecular weight excluding hydrogens is 374 g/mol. The molecule has 7 nitrogen and oxygen atoms in total. The smallest absolute Gasteiger partial charge is 0.242 e. The van der Waals surface area contributed by atoms with Crippen molar-refractivity contribution in [2.75, 3.05) is 7.11 Å². The lowest BCUT2D eigenvalue weighted by molar-refractivity contribution is -0.121. The molecule has 0 saturated heterocycles. The van der Waals surface area contributed by atoms with Crippen molar-refractivity contribution in [3.05, 3.63) is 46.8 Å². The number of thiocarbonyl (C=S) groups is 1. The number of carbonyl (C=O) groups is 1. The predicted octanol–water partition coefficient (Wildman–Crippen LogP) is 2.40. The number of amides is 1. The molecule has 0 atom stereocenters. The summed E-state index contributed by atoms with van der Waals surface area (Å²) in [7, 11) is 1.63. The highest BCUT2D eigenvalue weighted by Gasteiger charge is 2.15. The van der Waals surface area contributed by atoms with Crippen LogP contribution in [0.2, 0.25) is 0 Å². The molecule has 0 aliphatic rings. The topological polar surface area (TPSA) is 80.2 Å². The Morgan fingerprint density at radius 1 is 1.21 bits per heavy atom. The summed E-state index contributed by atoms with van der Waals surface area (Å²) in [6, 6.07) is 7.68. The molecule has 152 valence electrons. The van der Waals surface area contributed by atoms with Gasteiger partial charge in [0.2, 0.25) is 5.91 Å². The number of aryl methyl sites for hydroxylation is 1. The number of hydrogen-bond donors (Lipinski definition) is 3. The van der Waals surface area contributed by atoms with E-state index in [0.717, 1.165) is 34.8 Å². The lowest BCUT2D eigenvalue weighted by Gasteiger charge is -2.12. The maximum Gasteiger partial charge on any atom is 0.242 e. The Bertz CT molecular complexity index is 815. The highest BCUT2D eigenvalue weighted by molar-refractivity contribution is 7.80. The first-order valence-electron chi connectivity index (χ1n) is 9.28. The first-order chi connectivity index (χ1) is 13.3. The van der Waals surface area contributed by atoms with Crippen molar-refractivity contribution >= 4 is 23.2 Å². The Morgan fingerprint density at radius 2 is 1.89 bits per heavy atom. The average Bonchev–Trinajstić information content (AvgIpc) is 2.92. The minimum atomic E-state index is -0.163. The largest absolute Gasteiger partial charge is 0.497 e. The molecule has 0 unspecified atom stereocenters. The van der Waals surface area contributed by atoms with Crippen molar-refractivity contribution in [2.45, 2.75) is 47.2 Å². The van der Waals surface area contributed by atoms with Gasteiger partial charge in [0.05, 0.1) is 19.2 Å². The van der Waals surface area contributed by atoms with E-state index >= 15 is 0 Å². The standard InChI is InChI=1S/C20H29N5O2S/c1-13(2)12-25-15(4)18(14(3)24-25)10-19(26)22-23-20(28)21-11-16-6-8-17(27-5)9-7-16/h6-9,13H,10-12H2,1-5H3,(H,22,26)(H2,21,23,28). The number of hydrazine groups is 1. The molecule has 2 rings (SSSR count). The Kier molecular flexibility index (Phi) is 7.80. The molecule has 0 aliphatic carbocycles. The van der Waals surface area contributed by atoms with Gasteiger partial charge in [-0.1, -0.05) is 26.0 Å². The number of aromatic nitrogens is 2. The molecule has 8 heteroatoms. The third-order valence-corrected chi connectivity index (χ3v) is 4.58. The zero-order valence-electron chi connectivity index (χ0n) is 17.1. The van der Waals surface area contributed by atoms with Crippen molar-refractivity contribution in [3.63, 3.8) is 0 Å². The summed E-state index contributed by atoms with van der Waals surface area (Å²) in [5, 5.41) is 7.95. The van der Waals surface area contributed by atoms with E-state index in [1.54, 1.807) is 7.11 Å². The number of ether oxygens (including phenoxy) is 1. The van der Waals surface area contributed by atoms with Gasteiger partial charge in [-0.25, -0.2) is 0 Å². The number of nitrogens with zero attached hydrogens (tertiary/aromatic N) is 2. The zero-order chi connectivity index (χ0) is 20.7. The second kappa shape index (κ2) is 10.1. The zero-order valence-corrected chi connectivity index (χ0v) is 17.9. The molecule has 1 aromatic carbocycles. The summed E-state index contributed by atoms with van der Waals surface area (Å²) < 4.78 is 7.10. The molecule has 2 aromatic rings. The number of methoxy groups -OCH3 is 1. The van der Waals surface area contributed by atoms with E-state index in [1.165, 1.54) is 0 Å². The monoisotopic (exact) mass is 403 g/mol. The van der Waals surface area contributed by atoms with Gasteiger partial charge in [0.25, 0.3) is 0 Å². The Balaban J connectivity index is 1.80. The van der Waals surface area contributed by atoms with Crippen LogP contribution in [0.25, 0.3) is 0 Å². The van der Waals surface area contributed by atoms with E-state index in [0.29, 0.717) is 17.6 Å². The Morgan fingerprint density at radius 3 is 2.50 bits per heavy atom. The lowest BCUT2D eigenvalue weighted by atomic mass is 10.1. The molecule has 1 amide bonds. The van der Waals surface area contributed by atoms with Crippen molar-refractivity contribution in [3.8, 4) is 5.75 Å². The second-order valence-electron chi connectivity index (χ2n) is 7.11. The third-order valence-electron chi connectivity index (χ3n) is 4.33. The summed E-state index contributed by atoms with van der Waals surface area (Å²) in [5.74, 6) is 1.14. The quantitative estimate of drug-likeness (QED) is 0.487. The van der Waals surface area contributed by atoms with Crippen LogP contribution < -0.4 is 20.9 Å². The van der Waals surface area contributed by atoms with Gasteiger partial charge < -0.3 is 10.1 Å². The maximum absolute atomic E-state index is 12.3. The van der Waals surface area contributed by atoms with Crippen LogP contribution in [0.4, 0.5) is 0 Å². The highest BCUT2D eigenvalue weighted by Crippen LogP contribution is 2.15. The van der Waals surface area contributed by atoms with Gasteiger partial charge >= 0.3 is 0 Å². The SMILES string of the molecule is COc1ccc(CNC(=S)NNC(=O)Cc2c(C)nn(CC(C)C)c2C)cc1. The van der Waals surface area contributed by atoms with Crippen LogP contribution in [-0.2, 0) is 24.3 Å². The molecule has 0 spiro atoms. The molecule has 28 heavy (non-hydrogen) atoms. The molecule has 3 N–H and O–H groups in total. The highest BCUT2D eigenvalue weighted by atomic mass is 32.1. The minimum Gasteiger partial charge on any atom is -0.497 e. The summed E-state index contributed by atoms with van der Waals surface area (Å²) in [6.07, 6.45) is 0.254. The van der Waals surface area contributed by atoms with Gasteiger partial charge in [0, 0.05) is 24.3 Å². The number of benzene rings is 1. The molecule has 1 heterocycles. The van der Waals surface area contributed by atoms with Crippen LogP contribution in [0.15, 0.2) is 24.3 Å². The fourth-order valence-electron chi connectivity index (χ4n) is 2.81. The van der Waals surface area contributed by atoms with E-state index in [1.807, 2.05) is 42.8 Å². The first kappa shape index (κ1) is 21.7. The van der Waals surface area contributed by atoms with Crippen molar-refractivity contribution < 1.29 is 9.53 Å². The Labute approximate surface area is 171 Å². The summed E-state index contributed by atoms with van der Waals surface area (Å²) in [4.78, 5) is 12.3. The molecule has 1 aromatic heterocycles. The van der Waals surface area contributed by atoms with Crippen LogP contribution >= 0.6 is 12.2 Å². The van der Waals surface area contributed by atoms with Crippen LogP contribution in [0.3, 0.4) is 0 Å². The number of carbonyl (C=O) groups excluding carboxylic acids is 1. The fourth-order valence-corrected chi connectivity index (χ4v) is 2.94. The first-order valence-corrected chi connectivity index (χ1v) is 9.69. The second-order valence-corrected chi connectivity index (χ2v) is 7.51. The minimum absolute atomic E-state index is 0.163. The number of hydrogen-bond acceptors (Lipinski definition) is 4. The van der Waals surface area contributed by atoms with Crippen molar-refractivity contribution in [2.24, 2.45) is 5.92 Å². The van der Waals surface area contributed by atoms with Crippen molar-refractivity contribution in [1.29, 1.82) is 0 Å². The van der Waals surface area contributed by atoms with E-state index in [4.69, 9.17) is 17.0 Å². The average molecular weight is 404 g/mol. The third kappa shape index (κ3) is 6.23. The van der Waals surface area contributed by atoms with E-state index < -0.39 is 0 Å². The van der Waals surface area contributed by atoms with Gasteiger partial charge in [-0.15, -0.1) is 0 Å². The normalized spacial score (nSPS) is 10.6. The van der Waals surface area contributed by atoms with Gasteiger partial charge in [-0.3, -0.25) is 20.3 Å². The predicted molar refractivity (Wildman–Crippen MR) is 114 cm³/mol. The molecule has 0 bridgehead atoms. The van der Waals surface area contributed by atoms with Crippen LogP contribution in [0, 0.1) is 19.8 Å². The van der Waals surface area contributed by atoms with Gasteiger partial charge in [-0.2, -0.15) is 5.10 Å². The molecule has 0 aliphatic heterocycles. The van der Waals surface area contributed by atoms with Crippen LogP contribution in [-0.4, -0.2) is 27.9 Å². The summed E-state index contributed by atoms with van der Waals surface area (Å²) in [6.45, 7) is 9.61. The van der Waals surface area contributed by atoms with Gasteiger partial charge in [0.15, 0.2) is 5.11 Å². The number of nitrogens with one attached hydrogen (secondary N) is 3. The van der Waals surface area contributed by atoms with Gasteiger partial charge in [0.1, 0.15) is 5.75 Å². The van der Waals surface area contributed by atoms with E-state index in [2.05, 4.69) is 35.1 Å². The van der Waals surface area contributed by atoms with Crippen LogP contribution in [0.1, 0.15) is 36.4 Å². The summed E-state index contributed by atoms with van der Waals surface area (Å²) >= 11 is 5.21. The summed E-state index contributed by atoms with van der Waals surface area (Å²) in [5.41, 5.74) is 9.31. The van der Waals surface area contributed by atoms with E-state index in [9.17, 15) is 4.79 Å². The molecule has 0 saturated carbocycles. The van der Waals surface area contributed by atoms with Crippen molar-refractivity contribution in [1.82, 2.24) is 25.9 Å². The molecular formula is C20H29N5O2S. The maximum atomic E-state index is 12.3. The van der Waals surface area contributed by atoms with E-state index in [-0.39, 0.29) is 12.3 Å². The molecule has 0 fully saturated rings. The Hall–Kier alpha value is -2.61. The van der Waals surface area contributed by atoms with Gasteiger partial charge in [-0.05, 0) is 49.7 Å². The fraction of sp³-hybridized carbons (Fsp3) is 0.450. The number of rotatable bonds is 7. The lowest BCUT2D eigenvalue weighted by Crippen LogP contribution is -2.47.